The summed E-state index contributed by atoms with van der Waals surface area (Å²) in [5.41, 5.74) is -1.92. The van der Waals surface area contributed by atoms with E-state index in [9.17, 15) is 14.7 Å². The van der Waals surface area contributed by atoms with E-state index in [1.165, 1.54) is 6.92 Å². The highest BCUT2D eigenvalue weighted by molar-refractivity contribution is 5.86. The Kier molecular flexibility index (Phi) is 3.46. The molecule has 1 unspecified atom stereocenters. The van der Waals surface area contributed by atoms with Crippen LogP contribution in [0, 0.1) is 17.3 Å². The van der Waals surface area contributed by atoms with Gasteiger partial charge in [-0.1, -0.05) is 6.92 Å². The first-order chi connectivity index (χ1) is 10.1. The number of aliphatic hydroxyl groups is 1. The molecular formula is C17H26O5. The van der Waals surface area contributed by atoms with Crippen LogP contribution in [0.4, 0.5) is 0 Å². The molecule has 0 aromatic carbocycles. The number of esters is 1. The molecule has 0 spiro atoms. The van der Waals surface area contributed by atoms with Crippen LogP contribution in [0.2, 0.25) is 0 Å². The van der Waals surface area contributed by atoms with E-state index in [1.807, 2.05) is 13.8 Å². The number of Topliss-reactive ketones (excluding diaryl/α,β-unsaturated/α-hetero) is 1. The predicted molar refractivity (Wildman–Crippen MR) is 79.1 cm³/mol. The van der Waals surface area contributed by atoms with Crippen LogP contribution in [0.3, 0.4) is 0 Å². The molecule has 1 N–H and O–H groups in total. The quantitative estimate of drug-likeness (QED) is 0.622. The van der Waals surface area contributed by atoms with Crippen molar-refractivity contribution in [2.24, 2.45) is 17.3 Å². The standard InChI is InChI=1S/C17H26O5/c1-10(18)22-13-11(17(4)9-21-17)5-7-15(2)12(19)6-8-16(3,20)14(13)15/h11,13-14,20H,5-9H2,1-4H3/t11-,13-,14?,15+,16+,17-/m1/s1. The Morgan fingerprint density at radius 2 is 1.95 bits per heavy atom. The van der Waals surface area contributed by atoms with Gasteiger partial charge in [0, 0.05) is 30.6 Å². The lowest BCUT2D eigenvalue weighted by Crippen LogP contribution is -2.63. The van der Waals surface area contributed by atoms with Gasteiger partial charge in [-0.15, -0.1) is 0 Å². The number of carbonyl (C=O) groups excluding carboxylic acids is 2. The maximum Gasteiger partial charge on any atom is 0.302 e. The Morgan fingerprint density at radius 1 is 1.32 bits per heavy atom. The van der Waals surface area contributed by atoms with Gasteiger partial charge < -0.3 is 14.6 Å². The van der Waals surface area contributed by atoms with Gasteiger partial charge >= 0.3 is 5.97 Å². The number of rotatable bonds is 2. The van der Waals surface area contributed by atoms with Crippen molar-refractivity contribution in [2.45, 2.75) is 70.7 Å². The second-order valence-corrected chi connectivity index (χ2v) is 8.00. The highest BCUT2D eigenvalue weighted by atomic mass is 16.6. The van der Waals surface area contributed by atoms with E-state index in [2.05, 4.69) is 0 Å². The van der Waals surface area contributed by atoms with E-state index in [0.29, 0.717) is 25.9 Å². The van der Waals surface area contributed by atoms with Crippen LogP contribution in [-0.4, -0.2) is 40.8 Å². The van der Waals surface area contributed by atoms with Crippen molar-refractivity contribution in [3.8, 4) is 0 Å². The molecule has 0 radical (unpaired) electrons. The van der Waals surface area contributed by atoms with Gasteiger partial charge in [0.05, 0.1) is 17.8 Å². The molecule has 3 fully saturated rings. The predicted octanol–water partition coefficient (Wildman–Crippen LogP) is 1.85. The van der Waals surface area contributed by atoms with Gasteiger partial charge in [0.25, 0.3) is 0 Å². The highest BCUT2D eigenvalue weighted by Crippen LogP contribution is 2.58. The average Bonchev–Trinajstić information content (AvgIpc) is 3.12. The lowest BCUT2D eigenvalue weighted by atomic mass is 9.50. The third-order valence-corrected chi connectivity index (χ3v) is 6.24. The summed E-state index contributed by atoms with van der Waals surface area (Å²) < 4.78 is 11.3. The average molecular weight is 310 g/mol. The molecule has 0 bridgehead atoms. The smallest absolute Gasteiger partial charge is 0.302 e. The largest absolute Gasteiger partial charge is 0.462 e. The molecule has 1 saturated heterocycles. The Morgan fingerprint density at radius 3 is 2.50 bits per heavy atom. The third-order valence-electron chi connectivity index (χ3n) is 6.24. The van der Waals surface area contributed by atoms with Crippen molar-refractivity contribution in [3.63, 3.8) is 0 Å². The van der Waals surface area contributed by atoms with Crippen molar-refractivity contribution in [3.05, 3.63) is 0 Å². The van der Waals surface area contributed by atoms with Gasteiger partial charge in [-0.3, -0.25) is 9.59 Å². The summed E-state index contributed by atoms with van der Waals surface area (Å²) in [6, 6.07) is 0. The van der Waals surface area contributed by atoms with Gasteiger partial charge in [0.1, 0.15) is 11.9 Å². The van der Waals surface area contributed by atoms with Crippen LogP contribution in [0.25, 0.3) is 0 Å². The van der Waals surface area contributed by atoms with Crippen LogP contribution in [0.5, 0.6) is 0 Å². The van der Waals surface area contributed by atoms with Gasteiger partial charge in [-0.2, -0.15) is 0 Å². The number of hydrogen-bond donors (Lipinski definition) is 1. The fourth-order valence-corrected chi connectivity index (χ4v) is 4.85. The Labute approximate surface area is 131 Å². The number of ether oxygens (including phenoxy) is 2. The topological polar surface area (TPSA) is 76.1 Å². The zero-order valence-corrected chi connectivity index (χ0v) is 13.8. The minimum absolute atomic E-state index is 0.0341. The van der Waals surface area contributed by atoms with Gasteiger partial charge in [-0.25, -0.2) is 0 Å². The first kappa shape index (κ1) is 15.9. The van der Waals surface area contributed by atoms with Crippen LogP contribution in [-0.2, 0) is 19.1 Å². The molecule has 0 amide bonds. The normalized spacial score (nSPS) is 51.1. The molecule has 5 heteroatoms. The summed E-state index contributed by atoms with van der Waals surface area (Å²) in [6.07, 6.45) is 1.85. The third kappa shape index (κ3) is 2.29. The lowest BCUT2D eigenvalue weighted by Gasteiger charge is -2.56. The molecule has 0 aromatic rings. The summed E-state index contributed by atoms with van der Waals surface area (Å²) in [7, 11) is 0. The molecule has 2 saturated carbocycles. The van der Waals surface area contributed by atoms with Crippen molar-refractivity contribution in [1.82, 2.24) is 0 Å². The number of fused-ring (bicyclic) bond motifs is 1. The first-order valence-corrected chi connectivity index (χ1v) is 8.17. The number of epoxide rings is 1. The Bertz CT molecular complexity index is 507. The molecular weight excluding hydrogens is 284 g/mol. The minimum Gasteiger partial charge on any atom is -0.462 e. The molecule has 2 aliphatic carbocycles. The van der Waals surface area contributed by atoms with Crippen LogP contribution in [0.15, 0.2) is 0 Å². The van der Waals surface area contributed by atoms with Crippen LogP contribution < -0.4 is 0 Å². The molecule has 0 aromatic heterocycles. The number of hydrogen-bond acceptors (Lipinski definition) is 5. The summed E-state index contributed by atoms with van der Waals surface area (Å²) in [5, 5.41) is 11.0. The van der Waals surface area contributed by atoms with E-state index in [4.69, 9.17) is 9.47 Å². The monoisotopic (exact) mass is 310 g/mol. The van der Waals surface area contributed by atoms with Crippen LogP contribution in [0.1, 0.15) is 53.4 Å². The Hall–Kier alpha value is -0.940. The molecule has 1 aliphatic heterocycles. The molecule has 22 heavy (non-hydrogen) atoms. The van der Waals surface area contributed by atoms with Crippen molar-refractivity contribution in [2.75, 3.05) is 6.61 Å². The fourth-order valence-electron chi connectivity index (χ4n) is 4.85. The molecule has 3 rings (SSSR count). The molecule has 1 heterocycles. The number of carbonyl (C=O) groups is 2. The zero-order valence-electron chi connectivity index (χ0n) is 13.8. The van der Waals surface area contributed by atoms with Crippen molar-refractivity contribution < 1.29 is 24.2 Å². The Balaban J connectivity index is 2.02. The lowest BCUT2D eigenvalue weighted by molar-refractivity contribution is -0.205. The first-order valence-electron chi connectivity index (χ1n) is 8.17. The van der Waals surface area contributed by atoms with Crippen LogP contribution >= 0.6 is 0 Å². The zero-order chi connectivity index (χ0) is 16.3. The van der Waals surface area contributed by atoms with E-state index in [-0.39, 0.29) is 29.2 Å². The van der Waals surface area contributed by atoms with Gasteiger partial charge in [0.2, 0.25) is 0 Å². The molecule has 5 nitrogen and oxygen atoms in total. The van der Waals surface area contributed by atoms with Gasteiger partial charge in [0.15, 0.2) is 0 Å². The SMILES string of the molecule is CC(=O)O[C@H]1C2[C@@](C)(O)CCC(=O)[C@]2(C)CC[C@H]1[C@@]1(C)CO1. The molecule has 3 aliphatic rings. The van der Waals surface area contributed by atoms with E-state index >= 15 is 0 Å². The summed E-state index contributed by atoms with van der Waals surface area (Å²) in [5.74, 6) is -0.518. The fraction of sp³-hybridized carbons (Fsp3) is 0.882. The van der Waals surface area contributed by atoms with Crippen molar-refractivity contribution >= 4 is 11.8 Å². The highest BCUT2D eigenvalue weighted by Gasteiger charge is 2.65. The summed E-state index contributed by atoms with van der Waals surface area (Å²) in [6.45, 7) is 7.76. The molecule has 124 valence electrons. The number of ketones is 1. The van der Waals surface area contributed by atoms with Crippen molar-refractivity contribution in [1.29, 1.82) is 0 Å². The van der Waals surface area contributed by atoms with E-state index in [0.717, 1.165) is 6.42 Å². The van der Waals surface area contributed by atoms with Gasteiger partial charge in [-0.05, 0) is 33.1 Å². The second kappa shape index (κ2) is 4.78. The summed E-state index contributed by atoms with van der Waals surface area (Å²) in [4.78, 5) is 24.2. The molecule has 6 atom stereocenters. The van der Waals surface area contributed by atoms with E-state index in [1.54, 1.807) is 6.92 Å². The second-order valence-electron chi connectivity index (χ2n) is 8.00. The maximum absolute atomic E-state index is 12.6. The van der Waals surface area contributed by atoms with E-state index < -0.39 is 17.1 Å². The maximum atomic E-state index is 12.6. The minimum atomic E-state index is -1.01. The summed E-state index contributed by atoms with van der Waals surface area (Å²) >= 11 is 0.